The maximum atomic E-state index is 12.3. The maximum absolute atomic E-state index is 12.3. The number of nitrogens with one attached hydrogen (secondary N) is 1. The second-order valence-corrected chi connectivity index (χ2v) is 8.49. The van der Waals surface area contributed by atoms with Crippen LogP contribution in [-0.2, 0) is 10.5 Å². The van der Waals surface area contributed by atoms with Gasteiger partial charge in [0.05, 0.1) is 36.4 Å². The summed E-state index contributed by atoms with van der Waals surface area (Å²) in [4.78, 5) is 17.0. The summed E-state index contributed by atoms with van der Waals surface area (Å²) in [5, 5.41) is 6.29. The molecule has 3 rings (SSSR count). The molecule has 1 heterocycles. The SMILES string of the molecule is COc1cc(NC(=O)CSCc2csc(-c3ccc(C)cc3)n2)c(OC)cc1Cl. The zero-order valence-electron chi connectivity index (χ0n) is 16.3. The molecule has 0 aliphatic heterocycles. The van der Waals surface area contributed by atoms with Crippen molar-refractivity contribution in [1.29, 1.82) is 0 Å². The van der Waals surface area contributed by atoms with E-state index in [4.69, 9.17) is 21.1 Å². The lowest BCUT2D eigenvalue weighted by Gasteiger charge is -2.13. The van der Waals surface area contributed by atoms with Crippen molar-refractivity contribution in [2.75, 3.05) is 25.3 Å². The Morgan fingerprint density at radius 3 is 2.59 bits per heavy atom. The number of aryl methyl sites for hydroxylation is 1. The molecule has 3 aromatic rings. The van der Waals surface area contributed by atoms with E-state index in [1.807, 2.05) is 5.38 Å². The van der Waals surface area contributed by atoms with Gasteiger partial charge in [0.25, 0.3) is 0 Å². The Labute approximate surface area is 183 Å². The second-order valence-electron chi connectivity index (χ2n) is 6.24. The molecule has 0 unspecified atom stereocenters. The number of carbonyl (C=O) groups excluding carboxylic acids is 1. The first kappa shape index (κ1) is 21.5. The van der Waals surface area contributed by atoms with E-state index in [9.17, 15) is 4.79 Å². The minimum absolute atomic E-state index is 0.133. The van der Waals surface area contributed by atoms with Crippen LogP contribution in [0.25, 0.3) is 10.6 Å². The molecular formula is C21H21ClN2O3S2. The van der Waals surface area contributed by atoms with Crippen LogP contribution >= 0.6 is 34.7 Å². The zero-order chi connectivity index (χ0) is 20.8. The van der Waals surface area contributed by atoms with Gasteiger partial charge in [-0.05, 0) is 6.92 Å². The van der Waals surface area contributed by atoms with Gasteiger partial charge in [-0.3, -0.25) is 4.79 Å². The van der Waals surface area contributed by atoms with E-state index in [1.165, 1.54) is 31.5 Å². The van der Waals surface area contributed by atoms with Gasteiger partial charge in [0.2, 0.25) is 5.91 Å². The largest absolute Gasteiger partial charge is 0.495 e. The van der Waals surface area contributed by atoms with Crippen molar-refractivity contribution in [3.8, 4) is 22.1 Å². The average Bonchev–Trinajstić information content (AvgIpc) is 3.18. The minimum Gasteiger partial charge on any atom is -0.495 e. The molecule has 152 valence electrons. The predicted octanol–water partition coefficient (Wildman–Crippen LogP) is 5.66. The lowest BCUT2D eigenvalue weighted by atomic mass is 10.2. The van der Waals surface area contributed by atoms with Crippen molar-refractivity contribution in [3.05, 3.63) is 58.1 Å². The van der Waals surface area contributed by atoms with Crippen molar-refractivity contribution in [2.24, 2.45) is 0 Å². The summed E-state index contributed by atoms with van der Waals surface area (Å²) in [5.41, 5.74) is 3.82. The summed E-state index contributed by atoms with van der Waals surface area (Å²) in [7, 11) is 3.05. The molecule has 0 aliphatic carbocycles. The van der Waals surface area contributed by atoms with Gasteiger partial charge in [0.15, 0.2) is 0 Å². The molecule has 0 atom stereocenters. The van der Waals surface area contributed by atoms with Crippen LogP contribution in [0.5, 0.6) is 11.5 Å². The third kappa shape index (κ3) is 5.65. The molecule has 0 bridgehead atoms. The van der Waals surface area contributed by atoms with E-state index in [0.717, 1.165) is 16.3 Å². The van der Waals surface area contributed by atoms with E-state index in [-0.39, 0.29) is 5.91 Å². The fraction of sp³-hybridized carbons (Fsp3) is 0.238. The van der Waals surface area contributed by atoms with Gasteiger partial charge >= 0.3 is 0 Å². The summed E-state index contributed by atoms with van der Waals surface area (Å²) >= 11 is 9.21. The van der Waals surface area contributed by atoms with Crippen LogP contribution in [0.15, 0.2) is 41.8 Å². The predicted molar refractivity (Wildman–Crippen MR) is 122 cm³/mol. The van der Waals surface area contributed by atoms with Gasteiger partial charge in [-0.15, -0.1) is 23.1 Å². The van der Waals surface area contributed by atoms with Crippen molar-refractivity contribution in [1.82, 2.24) is 4.98 Å². The van der Waals surface area contributed by atoms with Crippen molar-refractivity contribution >= 4 is 46.3 Å². The van der Waals surface area contributed by atoms with E-state index in [1.54, 1.807) is 23.5 Å². The van der Waals surface area contributed by atoms with Crippen LogP contribution in [0.2, 0.25) is 5.02 Å². The molecule has 0 spiro atoms. The number of thiazole rings is 1. The first-order chi connectivity index (χ1) is 14.0. The number of hydrogen-bond acceptors (Lipinski definition) is 6. The number of nitrogens with zero attached hydrogens (tertiary/aromatic N) is 1. The van der Waals surface area contributed by atoms with Gasteiger partial charge in [-0.1, -0.05) is 41.4 Å². The number of anilines is 1. The number of benzene rings is 2. The number of amides is 1. The van der Waals surface area contributed by atoms with E-state index in [0.29, 0.717) is 33.7 Å². The molecule has 2 aromatic carbocycles. The second kappa shape index (κ2) is 10.0. The Balaban J connectivity index is 1.55. The number of rotatable bonds is 8. The third-order valence-corrected chi connectivity index (χ3v) is 6.28. The highest BCUT2D eigenvalue weighted by atomic mass is 35.5. The highest BCUT2D eigenvalue weighted by Crippen LogP contribution is 2.36. The first-order valence-electron chi connectivity index (χ1n) is 8.80. The Kier molecular flexibility index (Phi) is 7.41. The molecule has 5 nitrogen and oxygen atoms in total. The van der Waals surface area contributed by atoms with Gasteiger partial charge < -0.3 is 14.8 Å². The van der Waals surface area contributed by atoms with Gasteiger partial charge in [0.1, 0.15) is 16.5 Å². The molecular weight excluding hydrogens is 428 g/mol. The van der Waals surface area contributed by atoms with Crippen LogP contribution in [-0.4, -0.2) is 30.9 Å². The molecule has 0 radical (unpaired) electrons. The molecule has 0 fully saturated rings. The summed E-state index contributed by atoms with van der Waals surface area (Å²) < 4.78 is 10.5. The molecule has 1 aromatic heterocycles. The van der Waals surface area contributed by atoms with Crippen LogP contribution in [0.3, 0.4) is 0 Å². The molecule has 0 saturated carbocycles. The van der Waals surface area contributed by atoms with Gasteiger partial charge in [0, 0.05) is 28.8 Å². The Bertz CT molecular complexity index is 990. The normalized spacial score (nSPS) is 10.6. The van der Waals surface area contributed by atoms with Crippen LogP contribution < -0.4 is 14.8 Å². The standard InChI is InChI=1S/C21H21ClN2O3S2/c1-13-4-6-14(7-5-13)21-23-15(11-29-21)10-28-12-20(25)24-17-9-18(26-2)16(22)8-19(17)27-3/h4-9,11H,10,12H2,1-3H3,(H,24,25). The number of halogens is 1. The summed E-state index contributed by atoms with van der Waals surface area (Å²) in [5.74, 6) is 1.78. The molecule has 1 N–H and O–H groups in total. The minimum atomic E-state index is -0.133. The summed E-state index contributed by atoms with van der Waals surface area (Å²) in [6.45, 7) is 2.06. The number of carbonyl (C=O) groups is 1. The quantitative estimate of drug-likeness (QED) is 0.481. The molecule has 0 aliphatic rings. The monoisotopic (exact) mass is 448 g/mol. The van der Waals surface area contributed by atoms with E-state index in [2.05, 4.69) is 41.5 Å². The van der Waals surface area contributed by atoms with Crippen molar-refractivity contribution in [3.63, 3.8) is 0 Å². The molecule has 1 amide bonds. The van der Waals surface area contributed by atoms with Crippen molar-refractivity contribution in [2.45, 2.75) is 12.7 Å². The van der Waals surface area contributed by atoms with Gasteiger partial charge in [-0.25, -0.2) is 4.98 Å². The van der Waals surface area contributed by atoms with Crippen LogP contribution in [0, 0.1) is 6.92 Å². The zero-order valence-corrected chi connectivity index (χ0v) is 18.7. The van der Waals surface area contributed by atoms with Crippen molar-refractivity contribution < 1.29 is 14.3 Å². The highest BCUT2D eigenvalue weighted by molar-refractivity contribution is 7.99. The lowest BCUT2D eigenvalue weighted by Crippen LogP contribution is -2.15. The lowest BCUT2D eigenvalue weighted by molar-refractivity contribution is -0.113. The van der Waals surface area contributed by atoms with Gasteiger partial charge in [-0.2, -0.15) is 0 Å². The number of hydrogen-bond donors (Lipinski definition) is 1. The first-order valence-corrected chi connectivity index (χ1v) is 11.2. The van der Waals surface area contributed by atoms with Crippen LogP contribution in [0.4, 0.5) is 5.69 Å². The molecule has 0 saturated heterocycles. The van der Waals surface area contributed by atoms with E-state index < -0.39 is 0 Å². The Hall–Kier alpha value is -2.22. The molecule has 8 heteroatoms. The molecule has 29 heavy (non-hydrogen) atoms. The topological polar surface area (TPSA) is 60.5 Å². The van der Waals surface area contributed by atoms with E-state index >= 15 is 0 Å². The number of ether oxygens (including phenoxy) is 2. The Morgan fingerprint density at radius 1 is 1.17 bits per heavy atom. The highest BCUT2D eigenvalue weighted by Gasteiger charge is 2.13. The number of methoxy groups -OCH3 is 2. The Morgan fingerprint density at radius 2 is 1.90 bits per heavy atom. The fourth-order valence-corrected chi connectivity index (χ4v) is 4.47. The fourth-order valence-electron chi connectivity index (χ4n) is 2.59. The third-order valence-electron chi connectivity index (χ3n) is 4.08. The number of aromatic nitrogens is 1. The average molecular weight is 449 g/mol. The smallest absolute Gasteiger partial charge is 0.234 e. The maximum Gasteiger partial charge on any atom is 0.234 e. The summed E-state index contributed by atoms with van der Waals surface area (Å²) in [6.07, 6.45) is 0. The number of thioether (sulfide) groups is 1. The van der Waals surface area contributed by atoms with Crippen LogP contribution in [0.1, 0.15) is 11.3 Å². The summed E-state index contributed by atoms with van der Waals surface area (Å²) in [6, 6.07) is 11.6.